The van der Waals surface area contributed by atoms with E-state index < -0.39 is 6.10 Å². The molecule has 2 atom stereocenters. The predicted molar refractivity (Wildman–Crippen MR) is 70.5 cm³/mol. The lowest BCUT2D eigenvalue weighted by Crippen LogP contribution is -2.08. The molecule has 3 rings (SSSR count). The van der Waals surface area contributed by atoms with Crippen molar-refractivity contribution in [2.24, 2.45) is 5.92 Å². The Morgan fingerprint density at radius 1 is 1.32 bits per heavy atom. The molecule has 2 aromatic rings. The summed E-state index contributed by atoms with van der Waals surface area (Å²) in [4.78, 5) is 4.40. The van der Waals surface area contributed by atoms with Crippen molar-refractivity contribution in [2.75, 3.05) is 0 Å². The van der Waals surface area contributed by atoms with Crippen LogP contribution < -0.4 is 0 Å². The van der Waals surface area contributed by atoms with E-state index in [9.17, 15) is 5.11 Å². The first-order chi connectivity index (χ1) is 9.24. The van der Waals surface area contributed by atoms with Gasteiger partial charge in [-0.3, -0.25) is 0 Å². The van der Waals surface area contributed by atoms with Gasteiger partial charge in [0.2, 0.25) is 5.89 Å². The molecule has 4 heteroatoms. The van der Waals surface area contributed by atoms with Crippen LogP contribution in [0, 0.1) is 5.92 Å². The van der Waals surface area contributed by atoms with E-state index in [1.165, 1.54) is 12.8 Å². The Kier molecular flexibility index (Phi) is 3.34. The van der Waals surface area contributed by atoms with Crippen LogP contribution in [0.5, 0.6) is 0 Å². The monoisotopic (exact) mass is 258 g/mol. The second-order valence-electron chi connectivity index (χ2n) is 5.34. The van der Waals surface area contributed by atoms with Gasteiger partial charge in [0.1, 0.15) is 0 Å². The van der Waals surface area contributed by atoms with Crippen molar-refractivity contribution in [1.29, 1.82) is 0 Å². The Labute approximate surface area is 112 Å². The molecule has 1 heterocycles. The van der Waals surface area contributed by atoms with E-state index in [0.29, 0.717) is 5.89 Å². The lowest BCUT2D eigenvalue weighted by molar-refractivity contribution is 0.135. The van der Waals surface area contributed by atoms with Crippen molar-refractivity contribution in [3.63, 3.8) is 0 Å². The predicted octanol–water partition coefficient (Wildman–Crippen LogP) is 2.86. The second-order valence-corrected chi connectivity index (χ2v) is 5.34. The molecule has 0 radical (unpaired) electrons. The molecule has 1 N–H and O–H groups in total. The third-order valence-electron chi connectivity index (χ3n) is 3.66. The average molecular weight is 258 g/mol. The maximum Gasteiger partial charge on any atom is 0.232 e. The highest BCUT2D eigenvalue weighted by Crippen LogP contribution is 2.33. The number of nitrogens with zero attached hydrogens (tertiary/aromatic N) is 2. The third kappa shape index (κ3) is 2.84. The maximum absolute atomic E-state index is 10.3. The van der Waals surface area contributed by atoms with Crippen molar-refractivity contribution in [2.45, 2.75) is 38.2 Å². The average Bonchev–Trinajstić information content (AvgIpc) is 3.14. The Balaban J connectivity index is 1.71. The van der Waals surface area contributed by atoms with E-state index in [0.717, 1.165) is 23.7 Å². The summed E-state index contributed by atoms with van der Waals surface area (Å²) in [7, 11) is 0. The summed E-state index contributed by atoms with van der Waals surface area (Å²) >= 11 is 0. The lowest BCUT2D eigenvalue weighted by atomic mass is 9.97. The van der Waals surface area contributed by atoms with E-state index in [-0.39, 0.29) is 5.92 Å². The molecular weight excluding hydrogens is 240 g/mol. The zero-order chi connectivity index (χ0) is 13.2. The Morgan fingerprint density at radius 3 is 2.74 bits per heavy atom. The first-order valence-electron chi connectivity index (χ1n) is 6.79. The van der Waals surface area contributed by atoms with Crippen molar-refractivity contribution < 1.29 is 9.63 Å². The van der Waals surface area contributed by atoms with Gasteiger partial charge in [-0.15, -0.1) is 0 Å². The molecule has 0 aliphatic heterocycles. The van der Waals surface area contributed by atoms with Crippen LogP contribution in [0.2, 0.25) is 0 Å². The number of hydrogen-bond donors (Lipinski definition) is 1. The SMILES string of the molecule is CC(c1nc(CC2CC2)no1)C(O)c1ccccc1. The highest BCUT2D eigenvalue weighted by Gasteiger charge is 2.27. The van der Waals surface area contributed by atoms with Gasteiger partial charge in [0, 0.05) is 6.42 Å². The summed E-state index contributed by atoms with van der Waals surface area (Å²) in [5.74, 6) is 1.83. The number of hydrogen-bond acceptors (Lipinski definition) is 4. The van der Waals surface area contributed by atoms with Crippen LogP contribution in [-0.4, -0.2) is 15.2 Å². The van der Waals surface area contributed by atoms with Crippen LogP contribution in [0.25, 0.3) is 0 Å². The van der Waals surface area contributed by atoms with Gasteiger partial charge in [0.25, 0.3) is 0 Å². The highest BCUT2D eigenvalue weighted by atomic mass is 16.5. The normalized spacial score (nSPS) is 18.2. The van der Waals surface area contributed by atoms with E-state index >= 15 is 0 Å². The lowest BCUT2D eigenvalue weighted by Gasteiger charge is -2.15. The van der Waals surface area contributed by atoms with Crippen LogP contribution in [0.4, 0.5) is 0 Å². The van der Waals surface area contributed by atoms with Gasteiger partial charge in [0.15, 0.2) is 5.82 Å². The first kappa shape index (κ1) is 12.4. The zero-order valence-electron chi connectivity index (χ0n) is 11.0. The van der Waals surface area contributed by atoms with E-state index in [4.69, 9.17) is 4.52 Å². The van der Waals surface area contributed by atoms with Gasteiger partial charge in [-0.2, -0.15) is 4.98 Å². The molecule has 1 aromatic heterocycles. The molecule has 1 aliphatic carbocycles. The van der Waals surface area contributed by atoms with Gasteiger partial charge in [-0.05, 0) is 24.3 Å². The van der Waals surface area contributed by atoms with E-state index in [2.05, 4.69) is 10.1 Å². The third-order valence-corrected chi connectivity index (χ3v) is 3.66. The fourth-order valence-corrected chi connectivity index (χ4v) is 2.19. The molecule has 19 heavy (non-hydrogen) atoms. The first-order valence-corrected chi connectivity index (χ1v) is 6.79. The van der Waals surface area contributed by atoms with Crippen molar-refractivity contribution in [3.05, 3.63) is 47.6 Å². The number of aliphatic hydroxyl groups is 1. The van der Waals surface area contributed by atoms with Gasteiger partial charge in [-0.1, -0.05) is 42.4 Å². The summed E-state index contributed by atoms with van der Waals surface area (Å²) < 4.78 is 5.28. The minimum absolute atomic E-state index is 0.192. The minimum atomic E-state index is -0.615. The van der Waals surface area contributed by atoms with Gasteiger partial charge < -0.3 is 9.63 Å². The molecule has 4 nitrogen and oxygen atoms in total. The van der Waals surface area contributed by atoms with Crippen molar-refractivity contribution in [1.82, 2.24) is 10.1 Å². The number of rotatable bonds is 5. The van der Waals surface area contributed by atoms with E-state index in [1.807, 2.05) is 37.3 Å². The fraction of sp³-hybridized carbons (Fsp3) is 0.467. The highest BCUT2D eigenvalue weighted by molar-refractivity contribution is 5.20. The molecule has 1 fully saturated rings. The molecule has 0 bridgehead atoms. The van der Waals surface area contributed by atoms with Crippen molar-refractivity contribution in [3.8, 4) is 0 Å². The molecule has 100 valence electrons. The fourth-order valence-electron chi connectivity index (χ4n) is 2.19. The molecule has 2 unspecified atom stereocenters. The summed E-state index contributed by atoms with van der Waals surface area (Å²) in [6.45, 7) is 1.91. The minimum Gasteiger partial charge on any atom is -0.388 e. The summed E-state index contributed by atoms with van der Waals surface area (Å²) in [5, 5.41) is 14.3. The van der Waals surface area contributed by atoms with Crippen LogP contribution in [0.15, 0.2) is 34.9 Å². The second kappa shape index (κ2) is 5.13. The molecule has 1 aromatic carbocycles. The van der Waals surface area contributed by atoms with E-state index in [1.54, 1.807) is 0 Å². The van der Waals surface area contributed by atoms with Gasteiger partial charge >= 0.3 is 0 Å². The van der Waals surface area contributed by atoms with Crippen LogP contribution in [0.1, 0.15) is 49.1 Å². The molecule has 1 aliphatic rings. The molecule has 1 saturated carbocycles. The van der Waals surface area contributed by atoms with Gasteiger partial charge in [0.05, 0.1) is 12.0 Å². The standard InChI is InChI=1S/C15H18N2O2/c1-10(14(18)12-5-3-2-4-6-12)15-16-13(17-19-15)9-11-7-8-11/h2-6,10-11,14,18H,7-9H2,1H3. The largest absolute Gasteiger partial charge is 0.388 e. The number of aliphatic hydroxyl groups excluding tert-OH is 1. The number of benzene rings is 1. The summed E-state index contributed by atoms with van der Waals surface area (Å²) in [6.07, 6.45) is 2.82. The Hall–Kier alpha value is -1.68. The Morgan fingerprint density at radius 2 is 2.05 bits per heavy atom. The van der Waals surface area contributed by atoms with Crippen molar-refractivity contribution >= 4 is 0 Å². The van der Waals surface area contributed by atoms with Gasteiger partial charge in [-0.25, -0.2) is 0 Å². The molecule has 0 amide bonds. The summed E-state index contributed by atoms with van der Waals surface area (Å²) in [6, 6.07) is 9.57. The van der Waals surface area contributed by atoms with Crippen LogP contribution in [0.3, 0.4) is 0 Å². The quantitative estimate of drug-likeness (QED) is 0.895. The molecular formula is C15H18N2O2. The molecule has 0 spiro atoms. The summed E-state index contributed by atoms with van der Waals surface area (Å²) in [5.41, 5.74) is 0.872. The van der Waals surface area contributed by atoms with Crippen LogP contribution >= 0.6 is 0 Å². The smallest absolute Gasteiger partial charge is 0.232 e. The topological polar surface area (TPSA) is 59.2 Å². The Bertz CT molecular complexity index is 534. The van der Waals surface area contributed by atoms with Crippen LogP contribution in [-0.2, 0) is 6.42 Å². The zero-order valence-corrected chi connectivity index (χ0v) is 11.0. The molecule has 0 saturated heterocycles. The number of aromatic nitrogens is 2. The maximum atomic E-state index is 10.3.